The maximum atomic E-state index is 13.4. The molecule has 0 saturated heterocycles. The second-order valence-corrected chi connectivity index (χ2v) is 3.81. The number of halogens is 3. The lowest BCUT2D eigenvalue weighted by molar-refractivity contribution is 0.102. The smallest absolute Gasteiger partial charge is 0.278 e. The van der Waals surface area contributed by atoms with E-state index in [4.69, 9.17) is 5.73 Å². The number of anilines is 2. The third kappa shape index (κ3) is 2.51. The second-order valence-electron chi connectivity index (χ2n) is 3.81. The Kier molecular flexibility index (Phi) is 3.16. The van der Waals surface area contributed by atoms with Gasteiger partial charge in [-0.25, -0.2) is 13.2 Å². The molecule has 0 aliphatic heterocycles. The Morgan fingerprint density at radius 2 is 2.05 bits per heavy atom. The highest BCUT2D eigenvalue weighted by atomic mass is 19.2. The highest BCUT2D eigenvalue weighted by Gasteiger charge is 2.18. The number of nitrogens with one attached hydrogen (secondary N) is 1. The highest BCUT2D eigenvalue weighted by molar-refractivity contribution is 6.06. The molecule has 1 aromatic heterocycles. The van der Waals surface area contributed by atoms with E-state index in [1.54, 1.807) is 0 Å². The van der Waals surface area contributed by atoms with Crippen molar-refractivity contribution in [3.05, 3.63) is 41.5 Å². The Balaban J connectivity index is 2.31. The van der Waals surface area contributed by atoms with Gasteiger partial charge in [0.15, 0.2) is 17.3 Å². The molecule has 1 amide bonds. The fraction of sp³-hybridized carbons (Fsp3) is 0.0909. The molecule has 8 heteroatoms. The van der Waals surface area contributed by atoms with Gasteiger partial charge in [-0.3, -0.25) is 9.48 Å². The zero-order valence-electron chi connectivity index (χ0n) is 9.75. The quantitative estimate of drug-likeness (QED) is 0.815. The number of nitrogen functional groups attached to an aromatic ring is 1. The van der Waals surface area contributed by atoms with Crippen molar-refractivity contribution in [3.63, 3.8) is 0 Å². The summed E-state index contributed by atoms with van der Waals surface area (Å²) in [4.78, 5) is 11.7. The van der Waals surface area contributed by atoms with Crippen LogP contribution in [0, 0.1) is 17.5 Å². The summed E-state index contributed by atoms with van der Waals surface area (Å²) in [5.41, 5.74) is 4.80. The average Bonchev–Trinajstić information content (AvgIpc) is 2.64. The van der Waals surface area contributed by atoms with E-state index in [9.17, 15) is 18.0 Å². The Morgan fingerprint density at radius 1 is 1.37 bits per heavy atom. The minimum atomic E-state index is -1.40. The summed E-state index contributed by atoms with van der Waals surface area (Å²) in [5.74, 6) is -4.63. The van der Waals surface area contributed by atoms with Crippen LogP contribution >= 0.6 is 0 Å². The first-order valence-corrected chi connectivity index (χ1v) is 5.13. The molecular weight excluding hydrogens is 261 g/mol. The minimum Gasteiger partial charge on any atom is -0.396 e. The molecule has 0 fully saturated rings. The molecule has 0 aliphatic rings. The van der Waals surface area contributed by atoms with Crippen molar-refractivity contribution in [2.75, 3.05) is 11.1 Å². The number of benzene rings is 1. The predicted octanol–water partition coefficient (Wildman–Crippen LogP) is 1.67. The number of amides is 1. The van der Waals surface area contributed by atoms with Crippen molar-refractivity contribution in [3.8, 4) is 0 Å². The number of nitrogens with zero attached hydrogens (tertiary/aromatic N) is 2. The summed E-state index contributed by atoms with van der Waals surface area (Å²) >= 11 is 0. The number of hydrogen-bond acceptors (Lipinski definition) is 3. The van der Waals surface area contributed by atoms with Gasteiger partial charge in [-0.15, -0.1) is 0 Å². The molecule has 19 heavy (non-hydrogen) atoms. The number of carbonyl (C=O) groups excluding carboxylic acids is 1. The van der Waals surface area contributed by atoms with E-state index in [0.29, 0.717) is 12.1 Å². The highest BCUT2D eigenvalue weighted by Crippen LogP contribution is 2.20. The molecule has 3 N–H and O–H groups in total. The normalized spacial score (nSPS) is 10.5. The lowest BCUT2D eigenvalue weighted by Gasteiger charge is -2.06. The molecule has 2 aromatic rings. The van der Waals surface area contributed by atoms with Crippen molar-refractivity contribution in [2.24, 2.45) is 7.05 Å². The van der Waals surface area contributed by atoms with Crippen LogP contribution in [0.25, 0.3) is 0 Å². The summed E-state index contributed by atoms with van der Waals surface area (Å²) in [6.07, 6.45) is 1.37. The maximum absolute atomic E-state index is 13.4. The van der Waals surface area contributed by atoms with Crippen LogP contribution in [0.1, 0.15) is 10.5 Å². The van der Waals surface area contributed by atoms with Gasteiger partial charge in [-0.1, -0.05) is 0 Å². The lowest BCUT2D eigenvalue weighted by atomic mass is 10.2. The zero-order chi connectivity index (χ0) is 14.2. The van der Waals surface area contributed by atoms with E-state index in [0.717, 1.165) is 0 Å². The lowest BCUT2D eigenvalue weighted by Crippen LogP contribution is -2.16. The van der Waals surface area contributed by atoms with Gasteiger partial charge in [-0.2, -0.15) is 5.10 Å². The van der Waals surface area contributed by atoms with E-state index >= 15 is 0 Å². The third-order valence-electron chi connectivity index (χ3n) is 2.31. The fourth-order valence-electron chi connectivity index (χ4n) is 1.51. The number of hydrogen-bond donors (Lipinski definition) is 2. The number of aromatic nitrogens is 2. The number of aryl methyl sites for hydroxylation is 1. The molecule has 0 saturated carbocycles. The van der Waals surface area contributed by atoms with Gasteiger partial charge in [0.2, 0.25) is 0 Å². The first-order valence-electron chi connectivity index (χ1n) is 5.13. The number of rotatable bonds is 2. The largest absolute Gasteiger partial charge is 0.396 e. The molecule has 0 unspecified atom stereocenters. The predicted molar refractivity (Wildman–Crippen MR) is 61.9 cm³/mol. The monoisotopic (exact) mass is 270 g/mol. The van der Waals surface area contributed by atoms with Crippen LogP contribution in [0.2, 0.25) is 0 Å². The first-order chi connectivity index (χ1) is 8.88. The topological polar surface area (TPSA) is 72.9 Å². The van der Waals surface area contributed by atoms with Crippen molar-refractivity contribution >= 4 is 17.3 Å². The molecule has 0 bridgehead atoms. The Bertz CT molecular complexity index is 654. The van der Waals surface area contributed by atoms with Crippen LogP contribution in [-0.2, 0) is 7.05 Å². The molecule has 100 valence electrons. The molecule has 0 spiro atoms. The number of carbonyl (C=O) groups is 1. The van der Waals surface area contributed by atoms with Gasteiger partial charge in [0.1, 0.15) is 5.82 Å². The van der Waals surface area contributed by atoms with Crippen LogP contribution in [0.3, 0.4) is 0 Å². The third-order valence-corrected chi connectivity index (χ3v) is 2.31. The van der Waals surface area contributed by atoms with Crippen molar-refractivity contribution < 1.29 is 18.0 Å². The molecule has 1 aromatic carbocycles. The van der Waals surface area contributed by atoms with Gasteiger partial charge < -0.3 is 11.1 Å². The van der Waals surface area contributed by atoms with E-state index in [1.165, 1.54) is 17.9 Å². The van der Waals surface area contributed by atoms with Crippen molar-refractivity contribution in [2.45, 2.75) is 0 Å². The van der Waals surface area contributed by atoms with E-state index in [2.05, 4.69) is 5.10 Å². The van der Waals surface area contributed by atoms with E-state index < -0.39 is 29.0 Å². The molecular formula is C11H9F3N4O. The summed E-state index contributed by atoms with van der Waals surface area (Å²) < 4.78 is 40.5. The summed E-state index contributed by atoms with van der Waals surface area (Å²) in [6, 6.07) is 1.04. The summed E-state index contributed by atoms with van der Waals surface area (Å²) in [6.45, 7) is 0. The fourth-order valence-corrected chi connectivity index (χ4v) is 1.51. The molecule has 0 aliphatic carbocycles. The Labute approximate surface area is 105 Å². The Morgan fingerprint density at radius 3 is 2.63 bits per heavy atom. The van der Waals surface area contributed by atoms with Gasteiger partial charge in [-0.05, 0) is 0 Å². The summed E-state index contributed by atoms with van der Waals surface area (Å²) in [5, 5.41) is 5.76. The average molecular weight is 270 g/mol. The molecule has 0 atom stereocenters. The summed E-state index contributed by atoms with van der Waals surface area (Å²) in [7, 11) is 1.54. The molecule has 5 nitrogen and oxygen atoms in total. The van der Waals surface area contributed by atoms with Gasteiger partial charge in [0, 0.05) is 25.4 Å². The number of nitrogens with two attached hydrogens (primary N) is 1. The van der Waals surface area contributed by atoms with Gasteiger partial charge >= 0.3 is 0 Å². The van der Waals surface area contributed by atoms with Crippen LogP contribution in [0.15, 0.2) is 18.3 Å². The Hall–Kier alpha value is -2.51. The van der Waals surface area contributed by atoms with Crippen molar-refractivity contribution in [1.29, 1.82) is 0 Å². The van der Waals surface area contributed by atoms with Gasteiger partial charge in [0.25, 0.3) is 5.91 Å². The second kappa shape index (κ2) is 4.63. The maximum Gasteiger partial charge on any atom is 0.278 e. The molecule has 2 rings (SSSR count). The van der Waals surface area contributed by atoms with Crippen LogP contribution in [-0.4, -0.2) is 15.7 Å². The minimum absolute atomic E-state index is 0.0669. The molecule has 1 heterocycles. The van der Waals surface area contributed by atoms with Crippen LogP contribution in [0.4, 0.5) is 24.5 Å². The SMILES string of the molecule is Cn1cc(N)c(C(=O)Nc2cc(F)cc(F)c2F)n1. The standard InChI is InChI=1S/C11H9F3N4O/c1-18-4-7(15)10(17-18)11(19)16-8-3-5(12)2-6(13)9(8)14/h2-4H,15H2,1H3,(H,16,19). The zero-order valence-corrected chi connectivity index (χ0v) is 9.75. The van der Waals surface area contributed by atoms with Crippen LogP contribution < -0.4 is 11.1 Å². The van der Waals surface area contributed by atoms with E-state index in [-0.39, 0.29) is 11.4 Å². The van der Waals surface area contributed by atoms with Crippen molar-refractivity contribution in [1.82, 2.24) is 9.78 Å². The van der Waals surface area contributed by atoms with Crippen LogP contribution in [0.5, 0.6) is 0 Å². The molecule has 0 radical (unpaired) electrons. The van der Waals surface area contributed by atoms with E-state index in [1.807, 2.05) is 5.32 Å². The first kappa shape index (κ1) is 12.9. The van der Waals surface area contributed by atoms with Gasteiger partial charge in [0.05, 0.1) is 11.4 Å².